The lowest BCUT2D eigenvalue weighted by Crippen LogP contribution is -3.34. The molecule has 0 aromatic heterocycles. The lowest BCUT2D eigenvalue weighted by molar-refractivity contribution is -0.340. The van der Waals surface area contributed by atoms with Crippen LogP contribution in [0.2, 0.25) is 0 Å². The maximum absolute atomic E-state index is 12.4. The summed E-state index contributed by atoms with van der Waals surface area (Å²) in [5.41, 5.74) is -5.53. The van der Waals surface area contributed by atoms with Gasteiger partial charge in [0.25, 0.3) is 3.57 Å². The van der Waals surface area contributed by atoms with Crippen molar-refractivity contribution in [3.8, 4) is 0 Å². The molecular weight excluding hydrogens is 443 g/mol. The van der Waals surface area contributed by atoms with Crippen LogP contribution in [0.5, 0.6) is 0 Å². The number of hydrogen-bond donors (Lipinski definition) is 1. The molecule has 1 aromatic carbocycles. The Bertz CT molecular complexity index is 506. The van der Waals surface area contributed by atoms with Crippen molar-refractivity contribution < 1.29 is 70.7 Å². The van der Waals surface area contributed by atoms with Gasteiger partial charge in [-0.15, -0.1) is 0 Å². The van der Waals surface area contributed by atoms with Crippen molar-refractivity contribution in [1.82, 2.24) is 0 Å². The summed E-state index contributed by atoms with van der Waals surface area (Å²) < 4.78 is 118. The summed E-state index contributed by atoms with van der Waals surface area (Å²) >= 11 is 0.741. The summed E-state index contributed by atoms with van der Waals surface area (Å²) in [5, 5.41) is 0. The molecular formula is C7H2F8IO3S+. The molecule has 20 heavy (non-hydrogen) atoms. The highest BCUT2D eigenvalue weighted by Gasteiger charge is 2.44. The van der Waals surface area contributed by atoms with Gasteiger partial charge in [0, 0.05) is 0 Å². The second kappa shape index (κ2) is 6.38. The lowest BCUT2D eigenvalue weighted by Gasteiger charge is -1.97. The molecule has 0 aliphatic heterocycles. The quantitative estimate of drug-likeness (QED) is 0.143. The highest BCUT2D eigenvalue weighted by atomic mass is 127. The van der Waals surface area contributed by atoms with E-state index in [0.29, 0.717) is 0 Å². The monoisotopic (exact) mass is 445 g/mol. The average molecular weight is 445 g/mol. The molecule has 0 atom stereocenters. The molecule has 3 nitrogen and oxygen atoms in total. The predicted octanol–water partition coefficient (Wildman–Crippen LogP) is -0.769. The van der Waals surface area contributed by atoms with E-state index < -0.39 is 48.3 Å². The summed E-state index contributed by atoms with van der Waals surface area (Å²) in [6.45, 7) is 0. The third-order valence-electron chi connectivity index (χ3n) is 1.46. The molecule has 116 valence electrons. The second-order valence-electron chi connectivity index (χ2n) is 2.82. The maximum Gasteiger partial charge on any atom is 0.522 e. The van der Waals surface area contributed by atoms with Crippen molar-refractivity contribution in [2.75, 3.05) is 0 Å². The van der Waals surface area contributed by atoms with Gasteiger partial charge in [-0.1, -0.05) is 0 Å². The third kappa shape index (κ3) is 4.41. The predicted molar refractivity (Wildman–Crippen MR) is 43.9 cm³/mol. The van der Waals surface area contributed by atoms with Crippen molar-refractivity contribution in [3.05, 3.63) is 32.7 Å². The average Bonchev–Trinajstić information content (AvgIpc) is 2.30. The highest BCUT2D eigenvalue weighted by Crippen LogP contribution is 2.20. The Hall–Kier alpha value is -0.700. The summed E-state index contributed by atoms with van der Waals surface area (Å²) in [6, 6.07) is 0. The molecule has 0 heterocycles. The van der Waals surface area contributed by atoms with Crippen molar-refractivity contribution in [2.45, 2.75) is 5.51 Å². The molecule has 0 fully saturated rings. The van der Waals surface area contributed by atoms with E-state index in [9.17, 15) is 35.1 Å². The first-order chi connectivity index (χ1) is 8.71. The Balaban J connectivity index is 0.000000396. The van der Waals surface area contributed by atoms with E-state index in [-0.39, 0.29) is 0 Å². The van der Waals surface area contributed by atoms with Gasteiger partial charge < -0.3 is 0 Å². The first kappa shape index (κ1) is 19.3. The smallest absolute Gasteiger partial charge is 0.279 e. The van der Waals surface area contributed by atoms with Crippen molar-refractivity contribution >= 4 is 10.1 Å². The van der Waals surface area contributed by atoms with Gasteiger partial charge in [-0.25, -0.2) is 13.2 Å². The number of alkyl halides is 3. The Morgan fingerprint density at radius 3 is 1.20 bits per heavy atom. The second-order valence-corrected chi connectivity index (χ2v) is 5.40. The van der Waals surface area contributed by atoms with E-state index in [0.717, 1.165) is 22.6 Å². The molecule has 0 amide bonds. The van der Waals surface area contributed by atoms with Gasteiger partial charge in [0.15, 0.2) is 0 Å². The first-order valence-corrected chi connectivity index (χ1v) is 6.54. The van der Waals surface area contributed by atoms with Gasteiger partial charge in [-0.05, 0) is 0 Å². The minimum absolute atomic E-state index is 0.741. The Morgan fingerprint density at radius 1 is 0.800 bits per heavy atom. The fraction of sp³-hybridized carbons (Fsp3) is 0.143. The van der Waals surface area contributed by atoms with Crippen LogP contribution in [0.15, 0.2) is 0 Å². The summed E-state index contributed by atoms with van der Waals surface area (Å²) in [4.78, 5) is 0. The normalized spacial score (nSPS) is 11.9. The van der Waals surface area contributed by atoms with Crippen LogP contribution in [0, 0.1) is 32.7 Å². The van der Waals surface area contributed by atoms with Crippen LogP contribution in [-0.2, 0) is 10.1 Å². The van der Waals surface area contributed by atoms with Crippen molar-refractivity contribution in [3.63, 3.8) is 0 Å². The molecule has 0 aliphatic rings. The van der Waals surface area contributed by atoms with Crippen LogP contribution in [0.3, 0.4) is 0 Å². The number of hydrogen-bond acceptors (Lipinski definition) is 2. The molecule has 1 N–H and O–H groups in total. The summed E-state index contributed by atoms with van der Waals surface area (Å²) in [5.74, 6) is -9.51. The van der Waals surface area contributed by atoms with E-state index >= 15 is 0 Å². The molecule has 0 radical (unpaired) electrons. The van der Waals surface area contributed by atoms with Gasteiger partial charge in [0.05, 0.1) is 0 Å². The maximum atomic E-state index is 12.4. The zero-order valence-corrected chi connectivity index (χ0v) is 11.8. The van der Waals surface area contributed by atoms with E-state index in [2.05, 4.69) is 0 Å². The molecule has 0 spiro atoms. The minimum Gasteiger partial charge on any atom is -0.279 e. The van der Waals surface area contributed by atoms with E-state index in [1.807, 2.05) is 0 Å². The molecule has 0 bridgehead atoms. The Labute approximate surface area is 119 Å². The van der Waals surface area contributed by atoms with Gasteiger partial charge >= 0.3 is 38.2 Å². The first-order valence-electron chi connectivity index (χ1n) is 3.94. The largest absolute Gasteiger partial charge is 0.522 e. The van der Waals surface area contributed by atoms with Crippen molar-refractivity contribution in [1.29, 1.82) is 0 Å². The van der Waals surface area contributed by atoms with E-state index in [1.165, 1.54) is 0 Å². The molecule has 13 heteroatoms. The fourth-order valence-corrected chi connectivity index (χ4v) is 1.10. The van der Waals surface area contributed by atoms with Gasteiger partial charge in [0.2, 0.25) is 29.1 Å². The molecule has 0 saturated carbocycles. The van der Waals surface area contributed by atoms with Gasteiger partial charge in [-0.3, -0.25) is 4.55 Å². The van der Waals surface area contributed by atoms with Gasteiger partial charge in [0.1, 0.15) is 0 Å². The molecule has 1 aromatic rings. The van der Waals surface area contributed by atoms with Crippen LogP contribution < -0.4 is 22.6 Å². The van der Waals surface area contributed by atoms with Crippen LogP contribution in [0.1, 0.15) is 0 Å². The van der Waals surface area contributed by atoms with E-state index in [4.69, 9.17) is 13.0 Å². The van der Waals surface area contributed by atoms with Crippen LogP contribution in [-0.4, -0.2) is 18.5 Å². The third-order valence-corrected chi connectivity index (χ3v) is 3.07. The Kier molecular flexibility index (Phi) is 6.16. The minimum atomic E-state index is -5.84. The van der Waals surface area contributed by atoms with Crippen LogP contribution in [0.4, 0.5) is 35.1 Å². The number of benzene rings is 1. The molecule has 0 unspecified atom stereocenters. The Morgan fingerprint density at radius 2 is 1.00 bits per heavy atom. The lowest BCUT2D eigenvalue weighted by atomic mass is 10.3. The number of halogens is 9. The molecule has 1 rings (SSSR count). The molecule has 0 aliphatic carbocycles. The zero-order valence-electron chi connectivity index (χ0n) is 8.60. The highest BCUT2D eigenvalue weighted by molar-refractivity contribution is 7.86. The number of rotatable bonds is 0. The standard InChI is InChI=1S/C6HF5I.CHF3O3S/c7-1-2(8)4(10)6(12)5(11)3(1)9;2-1(3,4)8(5,6)7/h12H;(H,5,6,7)/q+1;. The van der Waals surface area contributed by atoms with Crippen molar-refractivity contribution in [2.24, 2.45) is 0 Å². The van der Waals surface area contributed by atoms with E-state index in [1.54, 1.807) is 0 Å². The van der Waals surface area contributed by atoms with Gasteiger partial charge in [-0.2, -0.15) is 30.4 Å². The van der Waals surface area contributed by atoms with Crippen LogP contribution >= 0.6 is 0 Å². The zero-order chi connectivity index (χ0) is 16.5. The summed E-state index contributed by atoms with van der Waals surface area (Å²) in [7, 11) is -5.84. The molecule has 0 saturated heterocycles. The fourth-order valence-electron chi connectivity index (χ4n) is 0.585. The summed E-state index contributed by atoms with van der Waals surface area (Å²) in [6.07, 6.45) is 0. The topological polar surface area (TPSA) is 54.4 Å². The van der Waals surface area contributed by atoms with Crippen LogP contribution in [0.25, 0.3) is 0 Å². The SMILES string of the molecule is Fc1c(F)c(F)c([IH+])c(F)c1F.O=S(=O)(O)C(F)(F)F.